The molecule has 4 heteroatoms. The van der Waals surface area contributed by atoms with Crippen molar-refractivity contribution in [3.05, 3.63) is 35.1 Å². The van der Waals surface area contributed by atoms with Crippen molar-refractivity contribution in [1.82, 2.24) is 5.32 Å². The van der Waals surface area contributed by atoms with Crippen molar-refractivity contribution < 1.29 is 14.6 Å². The zero-order valence-corrected chi connectivity index (χ0v) is 12.0. The number of nitrogens with one attached hydrogen (secondary N) is 1. The maximum atomic E-state index is 10.2. The normalized spacial score (nSPS) is 33.7. The second kappa shape index (κ2) is 6.12. The van der Waals surface area contributed by atoms with Crippen LogP contribution in [0.25, 0.3) is 0 Å². The Balaban J connectivity index is 1.73. The largest absolute Gasteiger partial charge is 0.490 e. The molecule has 2 fully saturated rings. The van der Waals surface area contributed by atoms with E-state index in [1.165, 1.54) is 5.57 Å². The van der Waals surface area contributed by atoms with Gasteiger partial charge in [-0.1, -0.05) is 19.1 Å². The number of fused-ring (bicyclic) bond motifs is 1. The first kappa shape index (κ1) is 13.9. The number of allylic oxidation sites excluding steroid dienone is 3. The van der Waals surface area contributed by atoms with Crippen molar-refractivity contribution in [1.29, 1.82) is 0 Å². The molecule has 0 radical (unpaired) electrons. The molecular weight excluding hydrogens is 254 g/mol. The van der Waals surface area contributed by atoms with Crippen LogP contribution in [0.2, 0.25) is 0 Å². The number of rotatable bonds is 3. The number of hydrogen-bond acceptors (Lipinski definition) is 4. The highest BCUT2D eigenvalue weighted by atomic mass is 16.5. The van der Waals surface area contributed by atoms with Gasteiger partial charge in [-0.05, 0) is 30.4 Å². The lowest BCUT2D eigenvalue weighted by Gasteiger charge is -2.24. The molecule has 1 saturated carbocycles. The standard InChI is InChI=1S/C16H23NO3/c1-11-2-5-15(16-12(8-11)3-4-14(16)18)20-10-13-9-17-6-7-19-13/h2,5,8,11,13-14,17-18H,3-4,6-7,9-10H2,1H3. The predicted molar refractivity (Wildman–Crippen MR) is 77.2 cm³/mol. The van der Waals surface area contributed by atoms with Crippen LogP contribution in [0.3, 0.4) is 0 Å². The van der Waals surface area contributed by atoms with Gasteiger partial charge in [-0.2, -0.15) is 0 Å². The molecule has 3 unspecified atom stereocenters. The summed E-state index contributed by atoms with van der Waals surface area (Å²) in [7, 11) is 0. The van der Waals surface area contributed by atoms with Crippen LogP contribution >= 0.6 is 0 Å². The van der Waals surface area contributed by atoms with E-state index in [1.54, 1.807) is 0 Å². The molecule has 3 aliphatic rings. The van der Waals surface area contributed by atoms with E-state index in [-0.39, 0.29) is 6.10 Å². The Hall–Kier alpha value is -1.10. The minimum atomic E-state index is -0.392. The van der Waals surface area contributed by atoms with Crippen LogP contribution in [0.15, 0.2) is 35.1 Å². The highest BCUT2D eigenvalue weighted by molar-refractivity contribution is 5.46. The molecule has 0 aromatic rings. The molecule has 1 saturated heterocycles. The van der Waals surface area contributed by atoms with Crippen molar-refractivity contribution in [2.45, 2.75) is 32.0 Å². The topological polar surface area (TPSA) is 50.7 Å². The van der Waals surface area contributed by atoms with Gasteiger partial charge < -0.3 is 19.9 Å². The van der Waals surface area contributed by atoms with Crippen LogP contribution in [0.4, 0.5) is 0 Å². The van der Waals surface area contributed by atoms with Gasteiger partial charge in [0.05, 0.1) is 12.7 Å². The van der Waals surface area contributed by atoms with Gasteiger partial charge in [-0.15, -0.1) is 0 Å². The molecule has 3 atom stereocenters. The number of hydrogen-bond donors (Lipinski definition) is 2. The molecule has 0 aromatic heterocycles. The maximum Gasteiger partial charge on any atom is 0.125 e. The van der Waals surface area contributed by atoms with E-state index in [1.807, 2.05) is 6.08 Å². The van der Waals surface area contributed by atoms with Gasteiger partial charge in [0.15, 0.2) is 0 Å². The summed E-state index contributed by atoms with van der Waals surface area (Å²) in [5.41, 5.74) is 2.22. The summed E-state index contributed by atoms with van der Waals surface area (Å²) in [5, 5.41) is 13.5. The van der Waals surface area contributed by atoms with Crippen molar-refractivity contribution in [2.75, 3.05) is 26.3 Å². The number of ether oxygens (including phenoxy) is 2. The third kappa shape index (κ3) is 2.97. The lowest BCUT2D eigenvalue weighted by atomic mass is 10.1. The minimum Gasteiger partial charge on any atom is -0.490 e. The van der Waals surface area contributed by atoms with E-state index in [9.17, 15) is 5.11 Å². The number of aliphatic hydroxyl groups is 1. The molecule has 4 nitrogen and oxygen atoms in total. The molecule has 0 amide bonds. The summed E-state index contributed by atoms with van der Waals surface area (Å²) in [6.45, 7) is 5.16. The lowest BCUT2D eigenvalue weighted by Crippen LogP contribution is -2.41. The fraction of sp³-hybridized carbons (Fsp3) is 0.625. The number of aliphatic hydroxyl groups excluding tert-OH is 1. The van der Waals surface area contributed by atoms with E-state index in [0.717, 1.165) is 43.9 Å². The molecule has 0 bridgehead atoms. The van der Waals surface area contributed by atoms with Gasteiger partial charge >= 0.3 is 0 Å². The zero-order valence-electron chi connectivity index (χ0n) is 12.0. The fourth-order valence-corrected chi connectivity index (χ4v) is 3.02. The first-order valence-electron chi connectivity index (χ1n) is 7.50. The van der Waals surface area contributed by atoms with Crippen LogP contribution in [0.5, 0.6) is 0 Å². The molecule has 1 heterocycles. The summed E-state index contributed by atoms with van der Waals surface area (Å²) in [4.78, 5) is 0. The molecule has 0 aromatic carbocycles. The van der Waals surface area contributed by atoms with Crippen molar-refractivity contribution in [3.8, 4) is 0 Å². The van der Waals surface area contributed by atoms with Gasteiger partial charge in [0.25, 0.3) is 0 Å². The Morgan fingerprint density at radius 3 is 3.20 bits per heavy atom. The van der Waals surface area contributed by atoms with Crippen molar-refractivity contribution in [3.63, 3.8) is 0 Å². The third-order valence-electron chi connectivity index (χ3n) is 4.08. The summed E-state index contributed by atoms with van der Waals surface area (Å²) < 4.78 is 11.6. The van der Waals surface area contributed by atoms with Crippen LogP contribution in [-0.4, -0.2) is 43.6 Å². The third-order valence-corrected chi connectivity index (χ3v) is 4.08. The molecule has 1 aliphatic heterocycles. The Bertz CT molecular complexity index is 447. The smallest absolute Gasteiger partial charge is 0.125 e. The Kier molecular flexibility index (Phi) is 4.24. The first-order valence-corrected chi connectivity index (χ1v) is 7.50. The van der Waals surface area contributed by atoms with E-state index in [0.29, 0.717) is 12.5 Å². The van der Waals surface area contributed by atoms with E-state index >= 15 is 0 Å². The summed E-state index contributed by atoms with van der Waals surface area (Å²) >= 11 is 0. The van der Waals surface area contributed by atoms with Crippen LogP contribution in [0, 0.1) is 5.92 Å². The summed E-state index contributed by atoms with van der Waals surface area (Å²) in [5.74, 6) is 1.21. The van der Waals surface area contributed by atoms with Gasteiger partial charge in [0, 0.05) is 18.7 Å². The SMILES string of the molecule is CC1C=CC(OCC2CNCCO2)=C2C(=C1)CCC2O. The average molecular weight is 277 g/mol. The fourth-order valence-electron chi connectivity index (χ4n) is 3.02. The zero-order chi connectivity index (χ0) is 13.9. The van der Waals surface area contributed by atoms with Gasteiger partial charge in [0.2, 0.25) is 0 Å². The van der Waals surface area contributed by atoms with E-state index in [4.69, 9.17) is 9.47 Å². The van der Waals surface area contributed by atoms with Crippen molar-refractivity contribution in [2.24, 2.45) is 5.92 Å². The van der Waals surface area contributed by atoms with E-state index < -0.39 is 6.10 Å². The molecule has 20 heavy (non-hydrogen) atoms. The Morgan fingerprint density at radius 2 is 2.40 bits per heavy atom. The van der Waals surface area contributed by atoms with Crippen molar-refractivity contribution >= 4 is 0 Å². The minimum absolute atomic E-state index is 0.0944. The maximum absolute atomic E-state index is 10.2. The summed E-state index contributed by atoms with van der Waals surface area (Å²) in [6.07, 6.45) is 7.81. The molecule has 110 valence electrons. The van der Waals surface area contributed by atoms with Gasteiger partial charge in [0.1, 0.15) is 18.5 Å². The molecule has 2 aliphatic carbocycles. The average Bonchev–Trinajstić information content (AvgIpc) is 2.73. The van der Waals surface area contributed by atoms with Gasteiger partial charge in [-0.3, -0.25) is 0 Å². The second-order valence-corrected chi connectivity index (χ2v) is 5.75. The lowest BCUT2D eigenvalue weighted by molar-refractivity contribution is -0.0145. The van der Waals surface area contributed by atoms with E-state index in [2.05, 4.69) is 24.4 Å². The highest BCUT2D eigenvalue weighted by Gasteiger charge is 2.29. The predicted octanol–water partition coefficient (Wildman–Crippen LogP) is 1.53. The molecule has 0 spiro atoms. The first-order chi connectivity index (χ1) is 9.74. The monoisotopic (exact) mass is 277 g/mol. The quantitative estimate of drug-likeness (QED) is 0.821. The Labute approximate surface area is 120 Å². The highest BCUT2D eigenvalue weighted by Crippen LogP contribution is 2.36. The van der Waals surface area contributed by atoms with Gasteiger partial charge in [-0.25, -0.2) is 0 Å². The van der Waals surface area contributed by atoms with Crippen LogP contribution in [-0.2, 0) is 9.47 Å². The Morgan fingerprint density at radius 1 is 1.50 bits per heavy atom. The van der Waals surface area contributed by atoms with Crippen LogP contribution in [0.1, 0.15) is 19.8 Å². The molecule has 3 rings (SSSR count). The molecular formula is C16H23NO3. The van der Waals surface area contributed by atoms with Crippen LogP contribution < -0.4 is 5.32 Å². The molecule has 2 N–H and O–H groups in total. The number of morpholine rings is 1. The second-order valence-electron chi connectivity index (χ2n) is 5.75. The summed E-state index contributed by atoms with van der Waals surface area (Å²) in [6, 6.07) is 0.